The third-order valence-electron chi connectivity index (χ3n) is 4.58. The van der Waals surface area contributed by atoms with E-state index in [1.165, 1.54) is 12.1 Å². The molecule has 3 rings (SSSR count). The number of primary amides is 1. The minimum absolute atomic E-state index is 0.0901. The molecule has 2 aromatic rings. The van der Waals surface area contributed by atoms with Crippen molar-refractivity contribution >= 4 is 11.6 Å². The van der Waals surface area contributed by atoms with E-state index in [4.69, 9.17) is 5.73 Å². The number of rotatable bonds is 5. The fraction of sp³-hybridized carbons (Fsp3) is 0.278. The normalized spacial score (nSPS) is 17.5. The number of phenols is 1. The second-order valence-electron chi connectivity index (χ2n) is 6.18. The fourth-order valence-electron chi connectivity index (χ4n) is 3.33. The molecule has 1 amide bonds. The van der Waals surface area contributed by atoms with Gasteiger partial charge in [-0.3, -0.25) is 19.8 Å². The van der Waals surface area contributed by atoms with E-state index in [-0.39, 0.29) is 23.0 Å². The Morgan fingerprint density at radius 1 is 1.28 bits per heavy atom. The maximum atomic E-state index is 11.4. The second-order valence-corrected chi connectivity index (χ2v) is 6.18. The average molecular weight is 341 g/mol. The van der Waals surface area contributed by atoms with Gasteiger partial charge >= 0.3 is 0 Å². The van der Waals surface area contributed by atoms with Crippen molar-refractivity contribution in [3.8, 4) is 5.75 Å². The summed E-state index contributed by atoms with van der Waals surface area (Å²) in [6.07, 6.45) is 1.96. The molecule has 3 N–H and O–H groups in total. The highest BCUT2D eigenvalue weighted by Gasteiger charge is 2.28. The van der Waals surface area contributed by atoms with Crippen LogP contribution in [0.3, 0.4) is 0 Å². The van der Waals surface area contributed by atoms with E-state index in [1.54, 1.807) is 18.2 Å². The van der Waals surface area contributed by atoms with Gasteiger partial charge in [-0.2, -0.15) is 0 Å². The molecule has 7 nitrogen and oxygen atoms in total. The van der Waals surface area contributed by atoms with Crippen LogP contribution in [0.1, 0.15) is 40.4 Å². The first-order valence-electron chi connectivity index (χ1n) is 8.06. The lowest BCUT2D eigenvalue weighted by Gasteiger charge is -2.25. The number of nitro benzene ring substituents is 1. The van der Waals surface area contributed by atoms with Gasteiger partial charge in [0, 0.05) is 29.8 Å². The molecule has 25 heavy (non-hydrogen) atoms. The highest BCUT2D eigenvalue weighted by molar-refractivity contribution is 5.93. The zero-order chi connectivity index (χ0) is 18.0. The van der Waals surface area contributed by atoms with Gasteiger partial charge in [-0.05, 0) is 43.1 Å². The first-order chi connectivity index (χ1) is 12.0. The van der Waals surface area contributed by atoms with Crippen LogP contribution in [0.25, 0.3) is 0 Å². The number of hydrogen-bond acceptors (Lipinski definition) is 5. The summed E-state index contributed by atoms with van der Waals surface area (Å²) < 4.78 is 0. The number of nitro groups is 1. The summed E-state index contributed by atoms with van der Waals surface area (Å²) in [4.78, 5) is 24.3. The van der Waals surface area contributed by atoms with Crippen LogP contribution in [0.5, 0.6) is 5.75 Å². The van der Waals surface area contributed by atoms with Crippen molar-refractivity contribution in [1.29, 1.82) is 0 Å². The van der Waals surface area contributed by atoms with Gasteiger partial charge in [0.05, 0.1) is 4.92 Å². The van der Waals surface area contributed by atoms with E-state index in [2.05, 4.69) is 4.90 Å². The minimum atomic E-state index is -0.683. The molecule has 0 aromatic heterocycles. The van der Waals surface area contributed by atoms with Crippen molar-refractivity contribution in [3.63, 3.8) is 0 Å². The Kier molecular flexibility index (Phi) is 4.67. The molecule has 1 aliphatic heterocycles. The SMILES string of the molecule is NC(=O)c1ccc(CN2CCC[C@H]2c2ccc(O)cc2)c([N+](=O)[O-])c1. The Morgan fingerprint density at radius 2 is 2.00 bits per heavy atom. The number of aromatic hydroxyl groups is 1. The monoisotopic (exact) mass is 341 g/mol. The van der Waals surface area contributed by atoms with Crippen molar-refractivity contribution in [2.24, 2.45) is 5.73 Å². The van der Waals surface area contributed by atoms with Gasteiger partial charge in [0.15, 0.2) is 0 Å². The van der Waals surface area contributed by atoms with Gasteiger partial charge in [-0.25, -0.2) is 0 Å². The molecule has 0 radical (unpaired) electrons. The van der Waals surface area contributed by atoms with E-state index in [9.17, 15) is 20.0 Å². The molecule has 0 unspecified atom stereocenters. The first kappa shape index (κ1) is 16.9. The number of carbonyl (C=O) groups excluding carboxylic acids is 1. The molecular formula is C18H19N3O4. The van der Waals surface area contributed by atoms with Crippen LogP contribution < -0.4 is 5.73 Å². The Bertz CT molecular complexity index is 804. The van der Waals surface area contributed by atoms with Crippen LogP contribution >= 0.6 is 0 Å². The van der Waals surface area contributed by atoms with Crippen LogP contribution in [0.2, 0.25) is 0 Å². The second kappa shape index (κ2) is 6.90. The highest BCUT2D eigenvalue weighted by Crippen LogP contribution is 2.35. The lowest BCUT2D eigenvalue weighted by atomic mass is 10.0. The topological polar surface area (TPSA) is 110 Å². The molecule has 1 saturated heterocycles. The van der Waals surface area contributed by atoms with Gasteiger partial charge < -0.3 is 10.8 Å². The molecule has 0 bridgehead atoms. The van der Waals surface area contributed by atoms with Crippen molar-refractivity contribution < 1.29 is 14.8 Å². The Balaban J connectivity index is 1.86. The number of nitrogens with two attached hydrogens (primary N) is 1. The van der Waals surface area contributed by atoms with Crippen LogP contribution in [0.15, 0.2) is 42.5 Å². The number of likely N-dealkylation sites (tertiary alicyclic amines) is 1. The fourth-order valence-corrected chi connectivity index (χ4v) is 3.33. The third-order valence-corrected chi connectivity index (χ3v) is 4.58. The van der Waals surface area contributed by atoms with E-state index >= 15 is 0 Å². The average Bonchev–Trinajstić information content (AvgIpc) is 3.03. The van der Waals surface area contributed by atoms with Crippen molar-refractivity contribution in [2.45, 2.75) is 25.4 Å². The lowest BCUT2D eigenvalue weighted by molar-refractivity contribution is -0.385. The molecule has 1 aliphatic rings. The molecule has 7 heteroatoms. The molecular weight excluding hydrogens is 322 g/mol. The number of phenolic OH excluding ortho intramolecular Hbond substituents is 1. The van der Waals surface area contributed by atoms with E-state index in [0.29, 0.717) is 12.1 Å². The molecule has 1 heterocycles. The number of benzene rings is 2. The first-order valence-corrected chi connectivity index (χ1v) is 8.06. The van der Waals surface area contributed by atoms with Crippen molar-refractivity contribution in [3.05, 3.63) is 69.3 Å². The zero-order valence-corrected chi connectivity index (χ0v) is 13.6. The Hall–Kier alpha value is -2.93. The molecule has 0 saturated carbocycles. The maximum Gasteiger partial charge on any atom is 0.274 e. The van der Waals surface area contributed by atoms with Crippen LogP contribution in [-0.2, 0) is 6.54 Å². The number of carbonyl (C=O) groups is 1. The van der Waals surface area contributed by atoms with Crippen molar-refractivity contribution in [2.75, 3.05) is 6.54 Å². The summed E-state index contributed by atoms with van der Waals surface area (Å²) in [5.41, 5.74) is 6.89. The summed E-state index contributed by atoms with van der Waals surface area (Å²) in [5, 5.41) is 20.8. The standard InChI is InChI=1S/C18H19N3O4/c19-18(23)13-3-4-14(17(10-13)21(24)25)11-20-9-1-2-16(20)12-5-7-15(22)8-6-12/h3-8,10,16,22H,1-2,9,11H2,(H2,19,23)/t16-/m0/s1. The van der Waals surface area contributed by atoms with E-state index in [0.717, 1.165) is 24.9 Å². The summed E-state index contributed by atoms with van der Waals surface area (Å²) in [5.74, 6) is -0.469. The summed E-state index contributed by atoms with van der Waals surface area (Å²) in [7, 11) is 0. The van der Waals surface area contributed by atoms with Crippen molar-refractivity contribution in [1.82, 2.24) is 4.90 Å². The summed E-state index contributed by atoms with van der Waals surface area (Å²) in [6, 6.07) is 11.6. The predicted molar refractivity (Wildman–Crippen MR) is 92.1 cm³/mol. The molecule has 130 valence electrons. The smallest absolute Gasteiger partial charge is 0.274 e. The number of nitrogens with zero attached hydrogens (tertiary/aromatic N) is 2. The minimum Gasteiger partial charge on any atom is -0.508 e. The van der Waals surface area contributed by atoms with Crippen LogP contribution in [0, 0.1) is 10.1 Å². The van der Waals surface area contributed by atoms with Gasteiger partial charge in [0.2, 0.25) is 5.91 Å². The Morgan fingerprint density at radius 3 is 2.64 bits per heavy atom. The molecule has 2 aromatic carbocycles. The number of amides is 1. The lowest BCUT2D eigenvalue weighted by Crippen LogP contribution is -2.23. The van der Waals surface area contributed by atoms with E-state index in [1.807, 2.05) is 12.1 Å². The van der Waals surface area contributed by atoms with Gasteiger partial charge in [0.1, 0.15) is 5.75 Å². The summed E-state index contributed by atoms with van der Waals surface area (Å²) >= 11 is 0. The van der Waals surface area contributed by atoms with E-state index < -0.39 is 10.8 Å². The maximum absolute atomic E-state index is 11.4. The van der Waals surface area contributed by atoms with Gasteiger partial charge in [0.25, 0.3) is 5.69 Å². The van der Waals surface area contributed by atoms with Gasteiger partial charge in [-0.15, -0.1) is 0 Å². The Labute approximate surface area is 144 Å². The molecule has 0 aliphatic carbocycles. The molecule has 1 fully saturated rings. The van der Waals surface area contributed by atoms with Gasteiger partial charge in [-0.1, -0.05) is 18.2 Å². The predicted octanol–water partition coefficient (Wildman–Crippen LogP) is 2.74. The van der Waals surface area contributed by atoms with Crippen LogP contribution in [0.4, 0.5) is 5.69 Å². The summed E-state index contributed by atoms with van der Waals surface area (Å²) in [6.45, 7) is 1.25. The number of hydrogen-bond donors (Lipinski definition) is 2. The van der Waals surface area contributed by atoms with Crippen LogP contribution in [-0.4, -0.2) is 27.4 Å². The quantitative estimate of drug-likeness (QED) is 0.642. The third kappa shape index (κ3) is 3.61. The molecule has 1 atom stereocenters. The molecule has 0 spiro atoms. The largest absolute Gasteiger partial charge is 0.508 e. The zero-order valence-electron chi connectivity index (χ0n) is 13.6. The highest BCUT2D eigenvalue weighted by atomic mass is 16.6.